The van der Waals surface area contributed by atoms with Gasteiger partial charge in [0.15, 0.2) is 0 Å². The van der Waals surface area contributed by atoms with Crippen LogP contribution in [-0.2, 0) is 23.0 Å². The van der Waals surface area contributed by atoms with Crippen LogP contribution in [0, 0.1) is 0 Å². The Morgan fingerprint density at radius 2 is 0.919 bits per heavy atom. The molecule has 0 saturated heterocycles. The summed E-state index contributed by atoms with van der Waals surface area (Å²) in [6.07, 6.45) is 25.3. The standard InChI is InChI=1S/C32H52O3S.Na/c1-3-5-7-9-11-13-15-17-19-21-28-23-24-29(22-20-18-16-14-12-10-8-6-4-2)32-27-30(36(33,34)35)25-26-31(28)32;/h23-27H,3-22H2,1-2H3,(H,33,34,35);/q;+1/p-1. The van der Waals surface area contributed by atoms with E-state index in [9.17, 15) is 13.0 Å². The van der Waals surface area contributed by atoms with Crippen LogP contribution in [0.3, 0.4) is 0 Å². The zero-order chi connectivity index (χ0) is 26.1. The Hall–Kier alpha value is -0.390. The second-order valence-corrected chi connectivity index (χ2v) is 12.1. The van der Waals surface area contributed by atoms with E-state index < -0.39 is 10.1 Å². The van der Waals surface area contributed by atoms with E-state index in [0.29, 0.717) is 0 Å². The average molecular weight is 539 g/mol. The van der Waals surface area contributed by atoms with Crippen molar-refractivity contribution in [3.63, 3.8) is 0 Å². The van der Waals surface area contributed by atoms with E-state index in [0.717, 1.165) is 36.5 Å². The van der Waals surface area contributed by atoms with Crippen LogP contribution in [0.5, 0.6) is 0 Å². The first-order valence-electron chi connectivity index (χ1n) is 15.0. The first-order chi connectivity index (χ1) is 17.5. The number of hydrogen-bond donors (Lipinski definition) is 0. The molecular weight excluding hydrogens is 487 g/mol. The Labute approximate surface area is 250 Å². The molecule has 0 unspecified atom stereocenters. The predicted octanol–water partition coefficient (Wildman–Crippen LogP) is 6.89. The third-order valence-electron chi connectivity index (χ3n) is 7.56. The Kier molecular flexibility index (Phi) is 19.2. The summed E-state index contributed by atoms with van der Waals surface area (Å²) >= 11 is 0. The zero-order valence-electron chi connectivity index (χ0n) is 24.2. The molecule has 0 aliphatic rings. The average Bonchev–Trinajstić information content (AvgIpc) is 2.86. The molecule has 2 aromatic rings. The molecule has 0 N–H and O–H groups in total. The molecule has 0 aliphatic carbocycles. The van der Waals surface area contributed by atoms with E-state index in [1.54, 1.807) is 6.07 Å². The van der Waals surface area contributed by atoms with Gasteiger partial charge in [-0.15, -0.1) is 0 Å². The van der Waals surface area contributed by atoms with Gasteiger partial charge in [-0.2, -0.15) is 0 Å². The second kappa shape index (κ2) is 20.5. The Morgan fingerprint density at radius 1 is 0.541 bits per heavy atom. The van der Waals surface area contributed by atoms with Crippen LogP contribution < -0.4 is 29.6 Å². The molecule has 0 bridgehead atoms. The van der Waals surface area contributed by atoms with Crippen molar-refractivity contribution in [1.82, 2.24) is 0 Å². The fourth-order valence-corrected chi connectivity index (χ4v) is 5.79. The van der Waals surface area contributed by atoms with Gasteiger partial charge in [0.1, 0.15) is 10.1 Å². The third kappa shape index (κ3) is 14.0. The number of hydrogen-bond acceptors (Lipinski definition) is 3. The van der Waals surface area contributed by atoms with E-state index in [2.05, 4.69) is 26.0 Å². The summed E-state index contributed by atoms with van der Waals surface area (Å²) in [7, 11) is -4.45. The molecule has 0 radical (unpaired) electrons. The van der Waals surface area contributed by atoms with Crippen LogP contribution in [0.4, 0.5) is 0 Å². The Bertz CT molecular complexity index is 971. The largest absolute Gasteiger partial charge is 1.00 e. The normalized spacial score (nSPS) is 11.6. The number of fused-ring (bicyclic) bond motifs is 1. The number of benzene rings is 2. The van der Waals surface area contributed by atoms with Gasteiger partial charge in [-0.05, 0) is 59.7 Å². The van der Waals surface area contributed by atoms with Gasteiger partial charge in [0.25, 0.3) is 0 Å². The van der Waals surface area contributed by atoms with E-state index in [-0.39, 0.29) is 34.5 Å². The van der Waals surface area contributed by atoms with E-state index in [1.165, 1.54) is 120 Å². The SMILES string of the molecule is CCCCCCCCCCCc1ccc(CCCCCCCCCCC)c2cc(S(=O)(=O)[O-])ccc12.[Na+]. The Balaban J connectivity index is 0.00000684. The van der Waals surface area contributed by atoms with E-state index in [4.69, 9.17) is 0 Å². The molecule has 2 rings (SSSR count). The first-order valence-corrected chi connectivity index (χ1v) is 16.4. The van der Waals surface area contributed by atoms with Gasteiger partial charge in [0, 0.05) is 0 Å². The molecule has 0 aromatic heterocycles. The van der Waals surface area contributed by atoms with Crippen molar-refractivity contribution in [2.24, 2.45) is 0 Å². The predicted molar refractivity (Wildman–Crippen MR) is 154 cm³/mol. The van der Waals surface area contributed by atoms with Crippen molar-refractivity contribution in [3.8, 4) is 0 Å². The van der Waals surface area contributed by atoms with Gasteiger partial charge in [0.2, 0.25) is 0 Å². The number of aryl methyl sites for hydroxylation is 2. The van der Waals surface area contributed by atoms with Crippen molar-refractivity contribution in [2.45, 2.75) is 147 Å². The van der Waals surface area contributed by atoms with Crippen molar-refractivity contribution >= 4 is 20.9 Å². The third-order valence-corrected chi connectivity index (χ3v) is 8.39. The molecule has 0 atom stereocenters. The molecule has 204 valence electrons. The van der Waals surface area contributed by atoms with E-state index >= 15 is 0 Å². The van der Waals surface area contributed by atoms with Crippen LogP contribution in [0.1, 0.15) is 141 Å². The minimum atomic E-state index is -4.45. The minimum Gasteiger partial charge on any atom is -0.744 e. The molecule has 0 fully saturated rings. The molecule has 0 heterocycles. The van der Waals surface area contributed by atoms with Gasteiger partial charge < -0.3 is 4.55 Å². The maximum absolute atomic E-state index is 11.7. The quantitative estimate of drug-likeness (QED) is 0.0987. The van der Waals surface area contributed by atoms with Crippen LogP contribution >= 0.6 is 0 Å². The van der Waals surface area contributed by atoms with Crippen molar-refractivity contribution in [1.29, 1.82) is 0 Å². The van der Waals surface area contributed by atoms with Gasteiger partial charge >= 0.3 is 29.6 Å². The molecule has 0 spiro atoms. The van der Waals surface area contributed by atoms with Crippen molar-refractivity contribution < 1.29 is 42.5 Å². The number of unbranched alkanes of at least 4 members (excludes halogenated alkanes) is 16. The molecule has 0 aliphatic heterocycles. The van der Waals surface area contributed by atoms with Crippen LogP contribution in [0.25, 0.3) is 10.8 Å². The Morgan fingerprint density at radius 3 is 1.32 bits per heavy atom. The summed E-state index contributed by atoms with van der Waals surface area (Å²) < 4.78 is 35.1. The van der Waals surface area contributed by atoms with Crippen LogP contribution in [-0.4, -0.2) is 13.0 Å². The summed E-state index contributed by atoms with van der Waals surface area (Å²) in [4.78, 5) is -0.108. The summed E-state index contributed by atoms with van der Waals surface area (Å²) in [5, 5.41) is 2.08. The van der Waals surface area contributed by atoms with Gasteiger partial charge in [0.05, 0.1) is 4.90 Å². The molecule has 0 amide bonds. The minimum absolute atomic E-state index is 0. The van der Waals surface area contributed by atoms with Gasteiger partial charge in [-0.3, -0.25) is 0 Å². The van der Waals surface area contributed by atoms with Crippen molar-refractivity contribution in [2.75, 3.05) is 0 Å². The molecular formula is C32H51NaO3S. The summed E-state index contributed by atoms with van der Waals surface area (Å²) in [6, 6.07) is 9.40. The zero-order valence-corrected chi connectivity index (χ0v) is 27.0. The van der Waals surface area contributed by atoms with Crippen LogP contribution in [0.15, 0.2) is 35.2 Å². The maximum atomic E-state index is 11.7. The monoisotopic (exact) mass is 538 g/mol. The summed E-state index contributed by atoms with van der Waals surface area (Å²) in [5.41, 5.74) is 2.45. The fourth-order valence-electron chi connectivity index (χ4n) is 5.29. The second-order valence-electron chi connectivity index (χ2n) is 10.7. The van der Waals surface area contributed by atoms with Crippen LogP contribution in [0.2, 0.25) is 0 Å². The van der Waals surface area contributed by atoms with Gasteiger partial charge in [-0.25, -0.2) is 8.42 Å². The molecule has 37 heavy (non-hydrogen) atoms. The van der Waals surface area contributed by atoms with Crippen molar-refractivity contribution in [3.05, 3.63) is 41.5 Å². The fraction of sp³-hybridized carbons (Fsp3) is 0.688. The molecule has 0 saturated carbocycles. The first kappa shape index (κ1) is 34.6. The van der Waals surface area contributed by atoms with Gasteiger partial charge in [-0.1, -0.05) is 135 Å². The smallest absolute Gasteiger partial charge is 0.744 e. The summed E-state index contributed by atoms with van der Waals surface area (Å²) in [5.74, 6) is 0. The molecule has 2 aromatic carbocycles. The number of rotatable bonds is 21. The molecule has 5 heteroatoms. The molecule has 3 nitrogen and oxygen atoms in total. The topological polar surface area (TPSA) is 57.2 Å². The maximum Gasteiger partial charge on any atom is 1.00 e. The van der Waals surface area contributed by atoms with E-state index in [1.807, 2.05) is 6.07 Å². The summed E-state index contributed by atoms with van der Waals surface area (Å²) in [6.45, 7) is 4.51.